The molecule has 3 aromatic carbocycles. The summed E-state index contributed by atoms with van der Waals surface area (Å²) in [6.45, 7) is 6.58. The molecule has 0 radical (unpaired) electrons. The lowest BCUT2D eigenvalue weighted by Crippen LogP contribution is -2.16. The third-order valence-corrected chi connectivity index (χ3v) is 6.61. The van der Waals surface area contributed by atoms with Crippen LogP contribution in [0.3, 0.4) is 0 Å². The summed E-state index contributed by atoms with van der Waals surface area (Å²) in [5, 5.41) is 1.22. The molecule has 1 unspecified atom stereocenters. The molecule has 1 aromatic heterocycles. The molecule has 0 saturated carbocycles. The molecular formula is C28H28BrNO2. The molecule has 0 saturated heterocycles. The summed E-state index contributed by atoms with van der Waals surface area (Å²) in [5.41, 5.74) is 5.47. The van der Waals surface area contributed by atoms with Crippen LogP contribution in [0.5, 0.6) is 5.75 Å². The van der Waals surface area contributed by atoms with E-state index in [1.54, 1.807) is 7.11 Å². The SMILES string of the molecule is COc1ccc(C(CC(=O)c2ccccc2)c2c(C)c3cc(Br)ccc3n2C(C)C)cc1. The Hall–Kier alpha value is -2.85. The molecule has 4 heteroatoms. The molecule has 164 valence electrons. The number of ether oxygens (including phenoxy) is 1. The summed E-state index contributed by atoms with van der Waals surface area (Å²) in [6.07, 6.45) is 0.404. The molecule has 1 heterocycles. The summed E-state index contributed by atoms with van der Waals surface area (Å²) in [6, 6.07) is 24.4. The van der Waals surface area contributed by atoms with Crippen LogP contribution < -0.4 is 4.74 Å². The molecule has 0 aliphatic rings. The second-order valence-corrected chi connectivity index (χ2v) is 9.37. The van der Waals surface area contributed by atoms with Gasteiger partial charge in [0.15, 0.2) is 5.78 Å². The normalized spacial score (nSPS) is 12.3. The molecule has 4 rings (SSSR count). The van der Waals surface area contributed by atoms with E-state index in [1.165, 1.54) is 22.2 Å². The molecule has 0 aliphatic carbocycles. The van der Waals surface area contributed by atoms with Crippen molar-refractivity contribution in [1.82, 2.24) is 4.57 Å². The minimum absolute atomic E-state index is 0.0674. The van der Waals surface area contributed by atoms with Gasteiger partial charge < -0.3 is 9.30 Å². The number of halogens is 1. The molecule has 0 aliphatic heterocycles. The van der Waals surface area contributed by atoms with Crippen LogP contribution in [0.4, 0.5) is 0 Å². The van der Waals surface area contributed by atoms with Gasteiger partial charge >= 0.3 is 0 Å². The minimum Gasteiger partial charge on any atom is -0.497 e. The standard InChI is InChI=1S/C28H28BrNO2/c1-18(2)30-26-15-12-22(29)16-24(26)19(3)28(30)25(20-10-13-23(32-4)14-11-20)17-27(31)21-8-6-5-7-9-21/h5-16,18,25H,17H2,1-4H3. The molecular weight excluding hydrogens is 462 g/mol. The van der Waals surface area contributed by atoms with E-state index in [-0.39, 0.29) is 17.7 Å². The van der Waals surface area contributed by atoms with Crippen molar-refractivity contribution < 1.29 is 9.53 Å². The Morgan fingerprint density at radius 2 is 1.69 bits per heavy atom. The van der Waals surface area contributed by atoms with Crippen molar-refractivity contribution >= 4 is 32.6 Å². The van der Waals surface area contributed by atoms with E-state index < -0.39 is 0 Å². The molecule has 32 heavy (non-hydrogen) atoms. The van der Waals surface area contributed by atoms with E-state index in [4.69, 9.17) is 4.74 Å². The highest BCUT2D eigenvalue weighted by atomic mass is 79.9. The average molecular weight is 490 g/mol. The number of hydrogen-bond acceptors (Lipinski definition) is 2. The van der Waals surface area contributed by atoms with Crippen LogP contribution >= 0.6 is 15.9 Å². The lowest BCUT2D eigenvalue weighted by atomic mass is 9.86. The van der Waals surface area contributed by atoms with Gasteiger partial charge in [0, 0.05) is 45.0 Å². The molecule has 3 nitrogen and oxygen atoms in total. The first kappa shape index (κ1) is 22.3. The van der Waals surface area contributed by atoms with Crippen molar-refractivity contribution in [3.63, 3.8) is 0 Å². The van der Waals surface area contributed by atoms with Crippen molar-refractivity contribution in [2.45, 2.75) is 39.2 Å². The Bertz CT molecular complexity index is 1240. The molecule has 0 N–H and O–H groups in total. The fraction of sp³-hybridized carbons (Fsp3) is 0.250. The first-order chi connectivity index (χ1) is 15.4. The smallest absolute Gasteiger partial charge is 0.163 e. The molecule has 4 aromatic rings. The van der Waals surface area contributed by atoms with Crippen LogP contribution in [-0.4, -0.2) is 17.5 Å². The van der Waals surface area contributed by atoms with Gasteiger partial charge in [0.1, 0.15) is 5.75 Å². The number of nitrogens with zero attached hydrogens (tertiary/aromatic N) is 1. The topological polar surface area (TPSA) is 31.2 Å². The Morgan fingerprint density at radius 3 is 2.31 bits per heavy atom. The Labute approximate surface area is 198 Å². The lowest BCUT2D eigenvalue weighted by Gasteiger charge is -2.24. The number of aromatic nitrogens is 1. The predicted molar refractivity (Wildman–Crippen MR) is 135 cm³/mol. The van der Waals surface area contributed by atoms with Gasteiger partial charge in [0.2, 0.25) is 0 Å². The maximum Gasteiger partial charge on any atom is 0.163 e. The van der Waals surface area contributed by atoms with Crippen LogP contribution in [-0.2, 0) is 0 Å². The van der Waals surface area contributed by atoms with Gasteiger partial charge in [-0.15, -0.1) is 0 Å². The largest absolute Gasteiger partial charge is 0.497 e. The highest BCUT2D eigenvalue weighted by molar-refractivity contribution is 9.10. The first-order valence-electron chi connectivity index (χ1n) is 10.9. The lowest BCUT2D eigenvalue weighted by molar-refractivity contribution is 0.0976. The highest BCUT2D eigenvalue weighted by Crippen LogP contribution is 2.40. The van der Waals surface area contributed by atoms with E-state index in [9.17, 15) is 4.79 Å². The Kier molecular flexibility index (Phi) is 6.52. The second-order valence-electron chi connectivity index (χ2n) is 8.45. The molecule has 0 amide bonds. The van der Waals surface area contributed by atoms with Crippen molar-refractivity contribution in [2.75, 3.05) is 7.11 Å². The average Bonchev–Trinajstić information content (AvgIpc) is 3.09. The molecule has 0 bridgehead atoms. The molecule has 0 spiro atoms. The monoisotopic (exact) mass is 489 g/mol. The van der Waals surface area contributed by atoms with E-state index in [2.05, 4.69) is 71.6 Å². The molecule has 1 atom stereocenters. The second kappa shape index (κ2) is 9.33. The summed E-state index contributed by atoms with van der Waals surface area (Å²) in [7, 11) is 1.67. The zero-order valence-corrected chi connectivity index (χ0v) is 20.5. The van der Waals surface area contributed by atoms with E-state index in [0.717, 1.165) is 21.3 Å². The van der Waals surface area contributed by atoms with E-state index in [1.807, 2.05) is 42.5 Å². The fourth-order valence-corrected chi connectivity index (χ4v) is 4.95. The van der Waals surface area contributed by atoms with Crippen molar-refractivity contribution in [3.8, 4) is 5.75 Å². The number of fused-ring (bicyclic) bond motifs is 1. The van der Waals surface area contributed by atoms with E-state index in [0.29, 0.717) is 6.42 Å². The quantitative estimate of drug-likeness (QED) is 0.249. The third-order valence-electron chi connectivity index (χ3n) is 6.12. The zero-order valence-electron chi connectivity index (χ0n) is 18.9. The minimum atomic E-state index is -0.0674. The van der Waals surface area contributed by atoms with Gasteiger partial charge in [-0.2, -0.15) is 0 Å². The first-order valence-corrected chi connectivity index (χ1v) is 11.7. The van der Waals surface area contributed by atoms with Gasteiger partial charge in [-0.25, -0.2) is 0 Å². The zero-order chi connectivity index (χ0) is 22.8. The summed E-state index contributed by atoms with van der Waals surface area (Å²) in [5.74, 6) is 0.890. The summed E-state index contributed by atoms with van der Waals surface area (Å²) in [4.78, 5) is 13.3. The maximum atomic E-state index is 13.3. The van der Waals surface area contributed by atoms with Crippen molar-refractivity contribution in [3.05, 3.63) is 99.7 Å². The number of aryl methyl sites for hydroxylation is 1. The van der Waals surface area contributed by atoms with Gasteiger partial charge in [0.25, 0.3) is 0 Å². The summed E-state index contributed by atoms with van der Waals surface area (Å²) >= 11 is 3.63. The van der Waals surface area contributed by atoms with Crippen LogP contribution in [0.1, 0.15) is 59.4 Å². The number of carbonyl (C=O) groups excluding carboxylic acids is 1. The third kappa shape index (κ3) is 4.24. The number of ketones is 1. The van der Waals surface area contributed by atoms with Gasteiger partial charge in [-0.05, 0) is 62.2 Å². The number of benzene rings is 3. The van der Waals surface area contributed by atoms with Crippen molar-refractivity contribution in [2.24, 2.45) is 0 Å². The molecule has 0 fully saturated rings. The number of hydrogen-bond donors (Lipinski definition) is 0. The fourth-order valence-electron chi connectivity index (χ4n) is 4.59. The highest BCUT2D eigenvalue weighted by Gasteiger charge is 2.27. The van der Waals surface area contributed by atoms with Crippen LogP contribution in [0.2, 0.25) is 0 Å². The van der Waals surface area contributed by atoms with Gasteiger partial charge in [0.05, 0.1) is 7.11 Å². The number of methoxy groups -OCH3 is 1. The van der Waals surface area contributed by atoms with Gasteiger partial charge in [-0.3, -0.25) is 4.79 Å². The number of carbonyl (C=O) groups is 1. The predicted octanol–water partition coefficient (Wildman–Crippen LogP) is 7.71. The van der Waals surface area contributed by atoms with E-state index >= 15 is 0 Å². The Balaban J connectivity index is 1.91. The van der Waals surface area contributed by atoms with Crippen LogP contribution in [0, 0.1) is 6.92 Å². The number of Topliss-reactive ketones (excluding diaryl/α,β-unsaturated/α-hetero) is 1. The summed E-state index contributed by atoms with van der Waals surface area (Å²) < 4.78 is 8.83. The van der Waals surface area contributed by atoms with Crippen molar-refractivity contribution in [1.29, 1.82) is 0 Å². The van der Waals surface area contributed by atoms with Crippen LogP contribution in [0.25, 0.3) is 10.9 Å². The number of rotatable bonds is 7. The Morgan fingerprint density at radius 1 is 1.00 bits per heavy atom. The van der Waals surface area contributed by atoms with Gasteiger partial charge in [-0.1, -0.05) is 58.4 Å². The van der Waals surface area contributed by atoms with Crippen LogP contribution in [0.15, 0.2) is 77.3 Å². The maximum absolute atomic E-state index is 13.3.